The Morgan fingerprint density at radius 3 is 2.50 bits per heavy atom. The number of nitrogens with zero attached hydrogens (tertiary/aromatic N) is 2. The normalized spacial score (nSPS) is 10.7. The molecule has 2 heterocycles. The Hall–Kier alpha value is -3.38. The summed E-state index contributed by atoms with van der Waals surface area (Å²) < 4.78 is 5.68. The van der Waals surface area contributed by atoms with E-state index in [1.807, 2.05) is 0 Å². The minimum Gasteiger partial charge on any atom is -0.457 e. The third kappa shape index (κ3) is 3.50. The molecule has 26 heavy (non-hydrogen) atoms. The summed E-state index contributed by atoms with van der Waals surface area (Å²) in [6.07, 6.45) is 3.30. The van der Waals surface area contributed by atoms with Crippen molar-refractivity contribution in [3.05, 3.63) is 77.6 Å². The molecule has 0 radical (unpaired) electrons. The zero-order valence-electron chi connectivity index (χ0n) is 13.4. The molecule has 0 saturated carbocycles. The molecule has 0 spiro atoms. The van der Waals surface area contributed by atoms with Crippen LogP contribution in [0.25, 0.3) is 11.0 Å². The van der Waals surface area contributed by atoms with Crippen LogP contribution in [0.4, 0.5) is 5.95 Å². The summed E-state index contributed by atoms with van der Waals surface area (Å²) in [5, 5.41) is 3.34. The molecule has 0 aliphatic carbocycles. The van der Waals surface area contributed by atoms with Crippen molar-refractivity contribution in [1.82, 2.24) is 15.0 Å². The Bertz CT molecular complexity index is 1060. The third-order valence-corrected chi connectivity index (χ3v) is 3.91. The number of rotatable bonds is 4. The molecular weight excluding hydrogens is 352 g/mol. The second kappa shape index (κ2) is 6.85. The number of nitrogens with one attached hydrogen (secondary N) is 2. The second-order valence-electron chi connectivity index (χ2n) is 5.51. The number of benzene rings is 2. The summed E-state index contributed by atoms with van der Waals surface area (Å²) in [5.41, 5.74) is 1.98. The molecule has 2 aromatic heterocycles. The molecule has 6 nitrogen and oxygen atoms in total. The van der Waals surface area contributed by atoms with Gasteiger partial charge in [-0.05, 0) is 54.6 Å². The minimum absolute atomic E-state index is 0.273. The van der Waals surface area contributed by atoms with Gasteiger partial charge in [0.15, 0.2) is 0 Å². The van der Waals surface area contributed by atoms with Gasteiger partial charge in [-0.1, -0.05) is 11.6 Å². The van der Waals surface area contributed by atoms with Crippen molar-refractivity contribution in [2.24, 2.45) is 0 Å². The number of aromatic nitrogens is 3. The number of imidazole rings is 1. The molecule has 0 unspecified atom stereocenters. The quantitative estimate of drug-likeness (QED) is 0.552. The molecule has 0 aliphatic rings. The fourth-order valence-electron chi connectivity index (χ4n) is 2.44. The molecule has 1 amide bonds. The lowest BCUT2D eigenvalue weighted by Crippen LogP contribution is -2.12. The first kappa shape index (κ1) is 16.1. The standard InChI is InChI=1S/C19H13ClN4O2/c20-13-3-6-16-17(11-13)23-19(22-16)24-18(25)12-1-4-14(5-2-12)26-15-7-9-21-10-8-15/h1-11H,(H2,22,23,24,25). The highest BCUT2D eigenvalue weighted by atomic mass is 35.5. The number of ether oxygens (including phenoxy) is 1. The van der Waals surface area contributed by atoms with E-state index in [1.165, 1.54) is 0 Å². The number of anilines is 1. The maximum Gasteiger partial charge on any atom is 0.257 e. The second-order valence-corrected chi connectivity index (χ2v) is 5.95. The van der Waals surface area contributed by atoms with Gasteiger partial charge in [-0.2, -0.15) is 0 Å². The number of amides is 1. The van der Waals surface area contributed by atoms with Crippen LogP contribution in [-0.4, -0.2) is 20.9 Å². The van der Waals surface area contributed by atoms with E-state index in [4.69, 9.17) is 16.3 Å². The molecule has 0 atom stereocenters. The van der Waals surface area contributed by atoms with Crippen molar-refractivity contribution in [3.63, 3.8) is 0 Å². The van der Waals surface area contributed by atoms with Crippen molar-refractivity contribution < 1.29 is 9.53 Å². The molecule has 0 bridgehead atoms. The first-order chi connectivity index (χ1) is 12.7. The number of carbonyl (C=O) groups excluding carboxylic acids is 1. The molecule has 128 valence electrons. The number of pyridine rings is 1. The molecule has 0 aliphatic heterocycles. The lowest BCUT2D eigenvalue weighted by molar-refractivity contribution is 0.102. The highest BCUT2D eigenvalue weighted by Gasteiger charge is 2.10. The monoisotopic (exact) mass is 364 g/mol. The maximum absolute atomic E-state index is 12.4. The van der Waals surface area contributed by atoms with Gasteiger partial charge in [-0.25, -0.2) is 4.98 Å². The smallest absolute Gasteiger partial charge is 0.257 e. The molecule has 7 heteroatoms. The van der Waals surface area contributed by atoms with E-state index in [1.54, 1.807) is 67.0 Å². The lowest BCUT2D eigenvalue weighted by atomic mass is 10.2. The van der Waals surface area contributed by atoms with Gasteiger partial charge in [-0.3, -0.25) is 15.1 Å². The Kier molecular flexibility index (Phi) is 4.25. The van der Waals surface area contributed by atoms with Gasteiger partial charge >= 0.3 is 0 Å². The molecule has 0 saturated heterocycles. The topological polar surface area (TPSA) is 79.9 Å². The zero-order chi connectivity index (χ0) is 17.9. The van der Waals surface area contributed by atoms with Gasteiger partial charge in [0.2, 0.25) is 5.95 Å². The van der Waals surface area contributed by atoms with Gasteiger partial charge in [0, 0.05) is 23.0 Å². The van der Waals surface area contributed by atoms with Crippen LogP contribution in [-0.2, 0) is 0 Å². The SMILES string of the molecule is O=C(Nc1nc2ccc(Cl)cc2[nH]1)c1ccc(Oc2ccncc2)cc1. The van der Waals surface area contributed by atoms with Crippen LogP contribution in [0.5, 0.6) is 11.5 Å². The van der Waals surface area contributed by atoms with Gasteiger partial charge in [-0.15, -0.1) is 0 Å². The Morgan fingerprint density at radius 1 is 1.00 bits per heavy atom. The summed E-state index contributed by atoms with van der Waals surface area (Å²) in [5.74, 6) is 1.40. The summed E-state index contributed by atoms with van der Waals surface area (Å²) in [7, 11) is 0. The summed E-state index contributed by atoms with van der Waals surface area (Å²) in [6, 6.07) is 15.6. The third-order valence-electron chi connectivity index (χ3n) is 3.68. The number of carbonyl (C=O) groups is 1. The van der Waals surface area contributed by atoms with Crippen molar-refractivity contribution >= 4 is 34.5 Å². The number of H-pyrrole nitrogens is 1. The highest BCUT2D eigenvalue weighted by molar-refractivity contribution is 6.31. The average molecular weight is 365 g/mol. The molecule has 4 aromatic rings. The van der Waals surface area contributed by atoms with E-state index < -0.39 is 0 Å². The van der Waals surface area contributed by atoms with Crippen LogP contribution in [0.15, 0.2) is 67.0 Å². The van der Waals surface area contributed by atoms with E-state index in [0.29, 0.717) is 28.0 Å². The maximum atomic E-state index is 12.4. The van der Waals surface area contributed by atoms with Gasteiger partial charge < -0.3 is 9.72 Å². The predicted octanol–water partition coefficient (Wildman–Crippen LogP) is 4.66. The number of hydrogen-bond acceptors (Lipinski definition) is 4. The van der Waals surface area contributed by atoms with E-state index in [0.717, 1.165) is 11.0 Å². The van der Waals surface area contributed by atoms with Crippen molar-refractivity contribution in [2.45, 2.75) is 0 Å². The highest BCUT2D eigenvalue weighted by Crippen LogP contribution is 2.22. The number of aromatic amines is 1. The van der Waals surface area contributed by atoms with Crippen molar-refractivity contribution in [1.29, 1.82) is 0 Å². The summed E-state index contributed by atoms with van der Waals surface area (Å²) in [4.78, 5) is 23.7. The lowest BCUT2D eigenvalue weighted by Gasteiger charge is -2.06. The predicted molar refractivity (Wildman–Crippen MR) is 99.8 cm³/mol. The first-order valence-corrected chi connectivity index (χ1v) is 8.20. The fourth-order valence-corrected chi connectivity index (χ4v) is 2.61. The zero-order valence-corrected chi connectivity index (χ0v) is 14.2. The van der Waals surface area contributed by atoms with E-state index in [2.05, 4.69) is 20.3 Å². The van der Waals surface area contributed by atoms with Gasteiger partial charge in [0.25, 0.3) is 5.91 Å². The minimum atomic E-state index is -0.273. The first-order valence-electron chi connectivity index (χ1n) is 7.82. The molecular formula is C19H13ClN4O2. The van der Waals surface area contributed by atoms with E-state index in [-0.39, 0.29) is 5.91 Å². The van der Waals surface area contributed by atoms with E-state index in [9.17, 15) is 4.79 Å². The van der Waals surface area contributed by atoms with Crippen molar-refractivity contribution in [3.8, 4) is 11.5 Å². The average Bonchev–Trinajstić information content (AvgIpc) is 3.04. The Labute approximate surface area is 153 Å². The molecule has 2 N–H and O–H groups in total. The Morgan fingerprint density at radius 2 is 1.73 bits per heavy atom. The largest absolute Gasteiger partial charge is 0.457 e. The van der Waals surface area contributed by atoms with Gasteiger partial charge in [0.05, 0.1) is 11.0 Å². The summed E-state index contributed by atoms with van der Waals surface area (Å²) >= 11 is 5.95. The number of fused-ring (bicyclic) bond motifs is 1. The van der Waals surface area contributed by atoms with Crippen LogP contribution >= 0.6 is 11.6 Å². The van der Waals surface area contributed by atoms with Crippen LogP contribution in [0, 0.1) is 0 Å². The summed E-state index contributed by atoms with van der Waals surface area (Å²) in [6.45, 7) is 0. The molecule has 4 rings (SSSR count). The van der Waals surface area contributed by atoms with Crippen LogP contribution in [0.3, 0.4) is 0 Å². The number of hydrogen-bond donors (Lipinski definition) is 2. The van der Waals surface area contributed by atoms with Crippen LogP contribution < -0.4 is 10.1 Å². The molecule has 0 fully saturated rings. The van der Waals surface area contributed by atoms with Crippen LogP contribution in [0.1, 0.15) is 10.4 Å². The van der Waals surface area contributed by atoms with E-state index >= 15 is 0 Å². The van der Waals surface area contributed by atoms with Gasteiger partial charge in [0.1, 0.15) is 11.5 Å². The molecule has 2 aromatic carbocycles. The van der Waals surface area contributed by atoms with Crippen LogP contribution in [0.2, 0.25) is 5.02 Å². The number of halogens is 1. The van der Waals surface area contributed by atoms with Crippen molar-refractivity contribution in [2.75, 3.05) is 5.32 Å². The Balaban J connectivity index is 1.47. The fraction of sp³-hybridized carbons (Fsp3) is 0.